The lowest BCUT2D eigenvalue weighted by Crippen LogP contribution is -2.55. The highest BCUT2D eigenvalue weighted by Crippen LogP contribution is 2.51. The normalized spacial score (nSPS) is 32.2. The first-order valence-corrected chi connectivity index (χ1v) is 22.0. The highest BCUT2D eigenvalue weighted by Gasteiger charge is 2.50. The van der Waals surface area contributed by atoms with Crippen LogP contribution in [-0.4, -0.2) is 93.3 Å². The Morgan fingerprint density at radius 2 is 1.07 bits per heavy atom. The fourth-order valence-corrected chi connectivity index (χ4v) is 12.7. The molecule has 6 aliphatic rings. The van der Waals surface area contributed by atoms with E-state index in [2.05, 4.69) is 78.9 Å². The van der Waals surface area contributed by atoms with Crippen molar-refractivity contribution < 1.29 is 19.8 Å². The van der Waals surface area contributed by atoms with Crippen LogP contribution in [0.3, 0.4) is 0 Å². The maximum atomic E-state index is 13.7. The van der Waals surface area contributed by atoms with Crippen LogP contribution < -0.4 is 10.6 Å². The predicted octanol–water partition coefficient (Wildman–Crippen LogP) is 6.18. The number of H-pyrrole nitrogens is 2. The SMILES string of the molecule is Cl.O=C(NCCCCCCNC(=O)[C@@H]1[C@H]2C[C@H]3c4[nH]c5ccccc5c4CCN3C[C@@H]2CC[C@@H]1O)[C@@H]1[C@H]2C[C@H]3c4[nH]c5ccccc5c4CCN3C[C@@H]2CC[C@@H]1O. The lowest BCUT2D eigenvalue weighted by Gasteiger charge is -2.51. The molecule has 4 aliphatic heterocycles. The van der Waals surface area contributed by atoms with Gasteiger partial charge < -0.3 is 30.8 Å². The number of carbonyl (C=O) groups is 2. The summed E-state index contributed by atoms with van der Waals surface area (Å²) in [6.07, 6.45) is 9.84. The number of carbonyl (C=O) groups excluding carboxylic acids is 2. The van der Waals surface area contributed by atoms with Gasteiger partial charge in [-0.15, -0.1) is 12.4 Å². The Kier molecular flexibility index (Phi) is 11.2. The third-order valence-corrected chi connectivity index (χ3v) is 15.4. The molecule has 4 aromatic rings. The van der Waals surface area contributed by atoms with Gasteiger partial charge in [-0.1, -0.05) is 49.2 Å². The fourth-order valence-electron chi connectivity index (χ4n) is 12.7. The maximum Gasteiger partial charge on any atom is 0.226 e. The average Bonchev–Trinajstić information content (AvgIpc) is 3.79. The summed E-state index contributed by atoms with van der Waals surface area (Å²) >= 11 is 0. The van der Waals surface area contributed by atoms with Gasteiger partial charge in [0.2, 0.25) is 11.8 Å². The first kappa shape index (κ1) is 39.1. The summed E-state index contributed by atoms with van der Waals surface area (Å²) in [4.78, 5) is 40.2. The monoisotopic (exact) mass is 796 g/mol. The molecule has 306 valence electrons. The van der Waals surface area contributed by atoms with Gasteiger partial charge >= 0.3 is 0 Å². The molecule has 2 aromatic carbocycles. The molecule has 0 bridgehead atoms. The van der Waals surface area contributed by atoms with E-state index in [0.717, 1.165) is 90.4 Å². The Hall–Kier alpha value is -3.41. The van der Waals surface area contributed by atoms with Gasteiger partial charge in [0.25, 0.3) is 0 Å². The second-order valence-corrected chi connectivity index (χ2v) is 18.3. The number of para-hydroxylation sites is 2. The molecule has 0 unspecified atom stereocenters. The van der Waals surface area contributed by atoms with Gasteiger partial charge in [-0.3, -0.25) is 19.4 Å². The Morgan fingerprint density at radius 3 is 1.53 bits per heavy atom. The van der Waals surface area contributed by atoms with Crippen molar-refractivity contribution >= 4 is 46.0 Å². The number of unbranched alkanes of at least 4 members (excludes halogenated alkanes) is 3. The molecule has 0 radical (unpaired) electrons. The number of aliphatic hydroxyl groups excluding tert-OH is 2. The van der Waals surface area contributed by atoms with Crippen molar-refractivity contribution in [2.24, 2.45) is 35.5 Å². The fraction of sp³-hybridized carbons (Fsp3) is 0.609. The van der Waals surface area contributed by atoms with Crippen LogP contribution >= 0.6 is 12.4 Å². The Labute approximate surface area is 342 Å². The van der Waals surface area contributed by atoms with Crippen LogP contribution in [0, 0.1) is 35.5 Å². The van der Waals surface area contributed by atoms with Gasteiger partial charge in [-0.2, -0.15) is 0 Å². The summed E-state index contributed by atoms with van der Waals surface area (Å²) in [7, 11) is 0. The first-order valence-electron chi connectivity index (χ1n) is 22.0. The third kappa shape index (κ3) is 7.11. The number of rotatable bonds is 9. The number of hydrogen-bond acceptors (Lipinski definition) is 6. The third-order valence-electron chi connectivity index (χ3n) is 15.4. The second-order valence-electron chi connectivity index (χ2n) is 18.3. The Morgan fingerprint density at radius 1 is 0.632 bits per heavy atom. The quantitative estimate of drug-likeness (QED) is 0.112. The number of aromatic amines is 2. The molecule has 2 saturated heterocycles. The van der Waals surface area contributed by atoms with E-state index in [1.807, 2.05) is 0 Å². The Balaban J connectivity index is 0.00000422. The summed E-state index contributed by atoms with van der Waals surface area (Å²) in [5.41, 5.74) is 7.90. The van der Waals surface area contributed by atoms with Crippen molar-refractivity contribution in [3.63, 3.8) is 0 Å². The van der Waals surface area contributed by atoms with Crippen molar-refractivity contribution in [3.8, 4) is 0 Å². The summed E-state index contributed by atoms with van der Waals surface area (Å²) in [5, 5.41) is 31.5. The van der Waals surface area contributed by atoms with E-state index in [-0.39, 0.29) is 60.0 Å². The highest BCUT2D eigenvalue weighted by atomic mass is 35.5. The molecule has 10 nitrogen and oxygen atoms in total. The van der Waals surface area contributed by atoms with Crippen LogP contribution in [0.1, 0.15) is 98.8 Å². The predicted molar refractivity (Wildman–Crippen MR) is 225 cm³/mol. The maximum absolute atomic E-state index is 13.7. The molecule has 11 heteroatoms. The number of amides is 2. The molecular formula is C46H61ClN6O4. The molecule has 10 rings (SSSR count). The zero-order chi connectivity index (χ0) is 37.9. The van der Waals surface area contributed by atoms with Crippen LogP contribution in [0.15, 0.2) is 48.5 Å². The lowest BCUT2D eigenvalue weighted by molar-refractivity contribution is -0.140. The van der Waals surface area contributed by atoms with Crippen LogP contribution in [-0.2, 0) is 22.4 Å². The van der Waals surface area contributed by atoms with Crippen molar-refractivity contribution in [1.82, 2.24) is 30.4 Å². The molecule has 2 aromatic heterocycles. The van der Waals surface area contributed by atoms with E-state index in [9.17, 15) is 19.8 Å². The van der Waals surface area contributed by atoms with Gasteiger partial charge in [0, 0.05) is 72.5 Å². The number of fused-ring (bicyclic) bond motifs is 12. The highest BCUT2D eigenvalue weighted by molar-refractivity contribution is 5.86. The zero-order valence-electron chi connectivity index (χ0n) is 33.1. The number of nitrogens with one attached hydrogen (secondary N) is 4. The van der Waals surface area contributed by atoms with Crippen molar-refractivity contribution in [2.45, 2.75) is 101 Å². The summed E-state index contributed by atoms with van der Waals surface area (Å²) < 4.78 is 0. The number of halogens is 1. The number of aromatic nitrogens is 2. The molecule has 10 atom stereocenters. The van der Waals surface area contributed by atoms with Gasteiger partial charge in [0.15, 0.2) is 0 Å². The molecule has 6 heterocycles. The van der Waals surface area contributed by atoms with Crippen LogP contribution in [0.2, 0.25) is 0 Å². The van der Waals surface area contributed by atoms with Crippen LogP contribution in [0.5, 0.6) is 0 Å². The van der Waals surface area contributed by atoms with Gasteiger partial charge in [-0.05, 0) is 111 Å². The van der Waals surface area contributed by atoms with Crippen molar-refractivity contribution in [2.75, 3.05) is 39.3 Å². The minimum absolute atomic E-state index is 0. The van der Waals surface area contributed by atoms with E-state index < -0.39 is 12.2 Å². The van der Waals surface area contributed by atoms with Gasteiger partial charge in [0.1, 0.15) is 0 Å². The van der Waals surface area contributed by atoms with E-state index in [4.69, 9.17) is 0 Å². The molecule has 6 N–H and O–H groups in total. The summed E-state index contributed by atoms with van der Waals surface area (Å²) in [6.45, 7) is 5.35. The molecule has 4 fully saturated rings. The molecule has 57 heavy (non-hydrogen) atoms. The second kappa shape index (κ2) is 16.3. The van der Waals surface area contributed by atoms with Gasteiger partial charge in [0.05, 0.1) is 36.1 Å². The number of nitrogens with zero attached hydrogens (tertiary/aromatic N) is 2. The van der Waals surface area contributed by atoms with E-state index in [0.29, 0.717) is 37.8 Å². The standard InChI is InChI=1S/C46H60N6O4.ClH/c53-39-15-13-27-25-51-21-17-31-29-9-3-5-11-35(29)49-43(31)37(51)23-33(27)41(39)45(55)47-19-7-1-2-8-20-48-46(56)42-34-24-38-44-32(30-10-4-6-12-36(30)50-44)18-22-52(38)26-28(34)14-16-40(42)54;/h3-6,9-12,27-28,33-34,37-42,49-50,53-54H,1-2,7-8,13-26H2,(H,47,55)(H,48,56);1H/t27-,28-,33-,34-,37-,38-,39-,40-,41+,42+;/m0./s1. The van der Waals surface area contributed by atoms with E-state index >= 15 is 0 Å². The average molecular weight is 797 g/mol. The number of benzene rings is 2. The number of hydrogen-bond donors (Lipinski definition) is 6. The minimum Gasteiger partial charge on any atom is -0.392 e. The van der Waals surface area contributed by atoms with Gasteiger partial charge in [-0.25, -0.2) is 0 Å². The number of aliphatic hydroxyl groups is 2. The van der Waals surface area contributed by atoms with E-state index in [1.165, 1.54) is 44.3 Å². The van der Waals surface area contributed by atoms with E-state index in [1.54, 1.807) is 0 Å². The molecule has 2 aliphatic carbocycles. The summed E-state index contributed by atoms with van der Waals surface area (Å²) in [5.74, 6) is 0.574. The van der Waals surface area contributed by atoms with Crippen LogP contribution in [0.4, 0.5) is 0 Å². The largest absolute Gasteiger partial charge is 0.392 e. The number of piperidine rings is 2. The molecule has 0 spiro atoms. The summed E-state index contributed by atoms with van der Waals surface area (Å²) in [6, 6.07) is 17.7. The van der Waals surface area contributed by atoms with Crippen molar-refractivity contribution in [3.05, 3.63) is 71.0 Å². The van der Waals surface area contributed by atoms with Crippen LogP contribution in [0.25, 0.3) is 21.8 Å². The minimum atomic E-state index is -0.587. The molecular weight excluding hydrogens is 736 g/mol. The van der Waals surface area contributed by atoms with Crippen molar-refractivity contribution in [1.29, 1.82) is 0 Å². The lowest BCUT2D eigenvalue weighted by atomic mass is 9.64. The molecule has 2 saturated carbocycles. The zero-order valence-corrected chi connectivity index (χ0v) is 34.0. The topological polar surface area (TPSA) is 137 Å². The Bertz CT molecular complexity index is 1940. The first-order chi connectivity index (χ1) is 27.4. The molecule has 2 amide bonds. The smallest absolute Gasteiger partial charge is 0.226 e.